The molecule has 0 unspecified atom stereocenters. The summed E-state index contributed by atoms with van der Waals surface area (Å²) in [6, 6.07) is 24.6. The zero-order valence-corrected chi connectivity index (χ0v) is 12.7. The van der Waals surface area contributed by atoms with Crippen molar-refractivity contribution in [3.8, 4) is 0 Å². The number of aliphatic hydroxyl groups excluding tert-OH is 1. The summed E-state index contributed by atoms with van der Waals surface area (Å²) in [6.07, 6.45) is -0.498. The Hall–Kier alpha value is -2.16. The van der Waals surface area contributed by atoms with Gasteiger partial charge >= 0.3 is 0 Å². The summed E-state index contributed by atoms with van der Waals surface area (Å²) in [5.41, 5.74) is 2.17. The molecule has 2 heteroatoms. The van der Waals surface area contributed by atoms with Crippen molar-refractivity contribution < 1.29 is 5.11 Å². The molecule has 0 aliphatic carbocycles. The third kappa shape index (κ3) is 3.35. The van der Waals surface area contributed by atoms with Gasteiger partial charge in [0.2, 0.25) is 0 Å². The van der Waals surface area contributed by atoms with E-state index < -0.39 is 6.10 Å². The van der Waals surface area contributed by atoms with E-state index in [0.717, 1.165) is 12.1 Å². The van der Waals surface area contributed by atoms with Crippen molar-refractivity contribution in [1.29, 1.82) is 0 Å². The average molecular weight is 291 g/mol. The van der Waals surface area contributed by atoms with Gasteiger partial charge < -0.3 is 10.4 Å². The molecule has 3 aromatic rings. The largest absolute Gasteiger partial charge is 0.387 e. The highest BCUT2D eigenvalue weighted by Gasteiger charge is 2.15. The van der Waals surface area contributed by atoms with Crippen molar-refractivity contribution >= 4 is 10.8 Å². The van der Waals surface area contributed by atoms with Crippen LogP contribution in [0.5, 0.6) is 0 Å². The normalized spacial score (nSPS) is 13.9. The van der Waals surface area contributed by atoms with Crippen molar-refractivity contribution in [3.63, 3.8) is 0 Å². The number of rotatable bonds is 5. The Balaban J connectivity index is 1.65. The van der Waals surface area contributed by atoms with Crippen LogP contribution in [0, 0.1) is 0 Å². The van der Waals surface area contributed by atoms with E-state index in [4.69, 9.17) is 0 Å². The zero-order valence-electron chi connectivity index (χ0n) is 12.7. The quantitative estimate of drug-likeness (QED) is 0.743. The molecule has 0 heterocycles. The summed E-state index contributed by atoms with van der Waals surface area (Å²) in [4.78, 5) is 0. The lowest BCUT2D eigenvalue weighted by Gasteiger charge is -2.21. The minimum Gasteiger partial charge on any atom is -0.387 e. The molecular formula is C20H21NO. The van der Waals surface area contributed by atoms with E-state index in [2.05, 4.69) is 47.8 Å². The molecule has 2 N–H and O–H groups in total. The van der Waals surface area contributed by atoms with Gasteiger partial charge in [-0.2, -0.15) is 0 Å². The molecule has 0 aliphatic heterocycles. The number of aliphatic hydroxyl groups is 1. The molecule has 112 valence electrons. The molecule has 0 fully saturated rings. The summed E-state index contributed by atoms with van der Waals surface area (Å²) in [7, 11) is 0. The summed E-state index contributed by atoms with van der Waals surface area (Å²) in [6.45, 7) is 2.76. The maximum absolute atomic E-state index is 10.4. The van der Waals surface area contributed by atoms with E-state index in [1.807, 2.05) is 37.3 Å². The summed E-state index contributed by atoms with van der Waals surface area (Å²) >= 11 is 0. The highest BCUT2D eigenvalue weighted by Crippen LogP contribution is 2.18. The number of benzene rings is 3. The lowest BCUT2D eigenvalue weighted by molar-refractivity contribution is 0.135. The van der Waals surface area contributed by atoms with Crippen LogP contribution in [-0.4, -0.2) is 11.1 Å². The van der Waals surface area contributed by atoms with Crippen LogP contribution in [0.2, 0.25) is 0 Å². The van der Waals surface area contributed by atoms with Crippen LogP contribution in [0.3, 0.4) is 0 Å². The maximum atomic E-state index is 10.4. The monoisotopic (exact) mass is 291 g/mol. The van der Waals surface area contributed by atoms with E-state index in [1.54, 1.807) is 0 Å². The Morgan fingerprint density at radius 2 is 1.55 bits per heavy atom. The Kier molecular flexibility index (Phi) is 4.52. The van der Waals surface area contributed by atoms with Crippen molar-refractivity contribution in [1.82, 2.24) is 5.32 Å². The van der Waals surface area contributed by atoms with Gasteiger partial charge in [0.15, 0.2) is 0 Å². The van der Waals surface area contributed by atoms with Gasteiger partial charge in [-0.15, -0.1) is 0 Å². The minimum absolute atomic E-state index is 0.00568. The number of fused-ring (bicyclic) bond motifs is 1. The van der Waals surface area contributed by atoms with E-state index in [-0.39, 0.29) is 6.04 Å². The number of hydrogen-bond donors (Lipinski definition) is 2. The van der Waals surface area contributed by atoms with Gasteiger partial charge in [-0.05, 0) is 34.9 Å². The molecule has 3 aromatic carbocycles. The van der Waals surface area contributed by atoms with Gasteiger partial charge in [-0.1, -0.05) is 66.7 Å². The van der Waals surface area contributed by atoms with Crippen LogP contribution in [-0.2, 0) is 6.54 Å². The molecule has 2 nitrogen and oxygen atoms in total. The summed E-state index contributed by atoms with van der Waals surface area (Å²) < 4.78 is 0. The van der Waals surface area contributed by atoms with Gasteiger partial charge in [-0.25, -0.2) is 0 Å². The van der Waals surface area contributed by atoms with Crippen LogP contribution in [0.1, 0.15) is 24.2 Å². The predicted molar refractivity (Wildman–Crippen MR) is 91.7 cm³/mol. The molecule has 0 aliphatic rings. The van der Waals surface area contributed by atoms with E-state index >= 15 is 0 Å². The molecular weight excluding hydrogens is 270 g/mol. The molecule has 0 spiro atoms. The molecule has 0 saturated heterocycles. The van der Waals surface area contributed by atoms with Crippen molar-refractivity contribution in [3.05, 3.63) is 83.9 Å². The van der Waals surface area contributed by atoms with E-state index in [9.17, 15) is 5.11 Å². The second-order valence-electron chi connectivity index (χ2n) is 5.71. The molecule has 0 saturated carbocycles. The number of hydrogen-bond acceptors (Lipinski definition) is 2. The lowest BCUT2D eigenvalue weighted by atomic mass is 10.0. The molecule has 0 amide bonds. The fourth-order valence-corrected chi connectivity index (χ4v) is 2.68. The summed E-state index contributed by atoms with van der Waals surface area (Å²) in [5, 5.41) is 16.3. The average Bonchev–Trinajstić information content (AvgIpc) is 2.59. The lowest BCUT2D eigenvalue weighted by Crippen LogP contribution is -2.31. The zero-order chi connectivity index (χ0) is 15.4. The highest BCUT2D eigenvalue weighted by atomic mass is 16.3. The fraction of sp³-hybridized carbons (Fsp3) is 0.200. The first kappa shape index (κ1) is 14.8. The van der Waals surface area contributed by atoms with Crippen LogP contribution < -0.4 is 5.32 Å². The molecule has 3 rings (SSSR count). The second kappa shape index (κ2) is 6.73. The van der Waals surface area contributed by atoms with E-state index in [0.29, 0.717) is 0 Å². The molecule has 22 heavy (non-hydrogen) atoms. The SMILES string of the molecule is C[C@H](NCc1ccc2ccccc2c1)[C@H](O)c1ccccc1. The molecule has 0 radical (unpaired) electrons. The van der Waals surface area contributed by atoms with Crippen molar-refractivity contribution in [2.24, 2.45) is 0 Å². The van der Waals surface area contributed by atoms with Gasteiger partial charge in [0, 0.05) is 12.6 Å². The maximum Gasteiger partial charge on any atom is 0.0940 e. The third-order valence-electron chi connectivity index (χ3n) is 4.06. The minimum atomic E-state index is -0.498. The van der Waals surface area contributed by atoms with Crippen LogP contribution in [0.4, 0.5) is 0 Å². The second-order valence-corrected chi connectivity index (χ2v) is 5.71. The fourth-order valence-electron chi connectivity index (χ4n) is 2.68. The van der Waals surface area contributed by atoms with Crippen LogP contribution in [0.25, 0.3) is 10.8 Å². The van der Waals surface area contributed by atoms with Crippen molar-refractivity contribution in [2.75, 3.05) is 0 Å². The number of nitrogens with one attached hydrogen (secondary N) is 1. The summed E-state index contributed by atoms with van der Waals surface area (Å²) in [5.74, 6) is 0. The topological polar surface area (TPSA) is 32.3 Å². The van der Waals surface area contributed by atoms with E-state index in [1.165, 1.54) is 16.3 Å². The smallest absolute Gasteiger partial charge is 0.0940 e. The molecule has 0 aromatic heterocycles. The Bertz CT molecular complexity index is 739. The van der Waals surface area contributed by atoms with Gasteiger partial charge in [0.25, 0.3) is 0 Å². The highest BCUT2D eigenvalue weighted by molar-refractivity contribution is 5.82. The predicted octanol–water partition coefficient (Wildman–Crippen LogP) is 4.05. The third-order valence-corrected chi connectivity index (χ3v) is 4.06. The van der Waals surface area contributed by atoms with Gasteiger partial charge in [-0.3, -0.25) is 0 Å². The van der Waals surface area contributed by atoms with Gasteiger partial charge in [0.05, 0.1) is 6.10 Å². The van der Waals surface area contributed by atoms with Crippen LogP contribution >= 0.6 is 0 Å². The first-order valence-electron chi connectivity index (χ1n) is 7.68. The Labute approximate surface area is 131 Å². The Morgan fingerprint density at radius 3 is 2.32 bits per heavy atom. The molecule has 2 atom stereocenters. The van der Waals surface area contributed by atoms with Gasteiger partial charge in [0.1, 0.15) is 0 Å². The van der Waals surface area contributed by atoms with Crippen molar-refractivity contribution in [2.45, 2.75) is 25.6 Å². The first-order valence-corrected chi connectivity index (χ1v) is 7.68. The first-order chi connectivity index (χ1) is 10.7. The van der Waals surface area contributed by atoms with Crippen LogP contribution in [0.15, 0.2) is 72.8 Å². The Morgan fingerprint density at radius 1 is 0.864 bits per heavy atom. The molecule has 0 bridgehead atoms. The standard InChI is InChI=1S/C20H21NO/c1-15(20(22)18-8-3-2-4-9-18)21-14-16-11-12-17-7-5-6-10-19(17)13-16/h2-13,15,20-22H,14H2,1H3/t15-,20-/m0/s1.